The quantitative estimate of drug-likeness (QED) is 0.590. The van der Waals surface area contributed by atoms with Gasteiger partial charge in [0.15, 0.2) is 0 Å². The minimum atomic E-state index is -0.478. The maximum atomic E-state index is 11.3. The van der Waals surface area contributed by atoms with Crippen molar-refractivity contribution in [1.29, 1.82) is 5.26 Å². The highest BCUT2D eigenvalue weighted by Gasteiger charge is 2.16. The summed E-state index contributed by atoms with van der Waals surface area (Å²) >= 11 is 0. The van der Waals surface area contributed by atoms with Crippen LogP contribution >= 0.6 is 0 Å². The van der Waals surface area contributed by atoms with Gasteiger partial charge >= 0.3 is 6.09 Å². The maximum absolute atomic E-state index is 11.3. The number of alkyl carbamates (subject to hydrolysis) is 1. The highest BCUT2D eigenvalue weighted by molar-refractivity contribution is 5.68. The average Bonchev–Trinajstić information content (AvgIpc) is 2.09. The molecule has 0 rings (SSSR count). The Bertz CT molecular complexity index is 284. The third-order valence-corrected chi connectivity index (χ3v) is 1.59. The third-order valence-electron chi connectivity index (χ3n) is 1.59. The molecule has 0 heterocycles. The molecule has 0 aromatic rings. The van der Waals surface area contributed by atoms with E-state index in [1.54, 1.807) is 0 Å². The van der Waals surface area contributed by atoms with E-state index in [2.05, 4.69) is 5.32 Å². The second-order valence-electron chi connectivity index (χ2n) is 4.56. The zero-order valence-corrected chi connectivity index (χ0v) is 10.4. The number of carbonyl (C=O) groups excluding carboxylic acids is 1. The molecule has 1 atom stereocenters. The lowest BCUT2D eigenvalue weighted by Crippen LogP contribution is -2.36. The van der Waals surface area contributed by atoms with Crippen LogP contribution in [0, 0.1) is 11.3 Å². The lowest BCUT2D eigenvalue weighted by Gasteiger charge is -2.20. The van der Waals surface area contributed by atoms with Gasteiger partial charge in [-0.25, -0.2) is 4.79 Å². The van der Waals surface area contributed by atoms with Crippen molar-refractivity contribution in [2.45, 2.75) is 52.2 Å². The van der Waals surface area contributed by atoms with E-state index in [1.165, 1.54) is 0 Å². The summed E-state index contributed by atoms with van der Waals surface area (Å²) in [5.74, 6) is 0. The van der Waals surface area contributed by atoms with Gasteiger partial charge < -0.3 is 10.1 Å². The molecular weight excluding hydrogens is 204 g/mol. The van der Waals surface area contributed by atoms with E-state index in [4.69, 9.17) is 10.00 Å². The summed E-state index contributed by atoms with van der Waals surface area (Å²) in [5.41, 5.74) is -0.478. The number of nitrogens with one attached hydrogen (secondary N) is 1. The molecule has 4 heteroatoms. The number of hydrogen-bond acceptors (Lipinski definition) is 3. The number of ether oxygens (including phenoxy) is 1. The summed E-state index contributed by atoms with van der Waals surface area (Å²) < 4.78 is 5.10. The van der Waals surface area contributed by atoms with Gasteiger partial charge in [0.05, 0.1) is 6.07 Å². The first kappa shape index (κ1) is 14.5. The van der Waals surface area contributed by atoms with Crippen LogP contribution in [0.1, 0.15) is 40.5 Å². The Balaban J connectivity index is 3.88. The van der Waals surface area contributed by atoms with Crippen LogP contribution in [0.4, 0.5) is 4.79 Å². The lowest BCUT2D eigenvalue weighted by atomic mass is 10.2. The fraction of sp³-hybridized carbons (Fsp3) is 0.667. The second kappa shape index (κ2) is 6.89. The molecule has 4 nitrogen and oxygen atoms in total. The van der Waals surface area contributed by atoms with Crippen molar-refractivity contribution in [1.82, 2.24) is 5.32 Å². The van der Waals surface area contributed by atoms with E-state index in [1.807, 2.05) is 45.9 Å². The minimum absolute atomic E-state index is 0.0893. The lowest BCUT2D eigenvalue weighted by molar-refractivity contribution is 0.0518. The largest absolute Gasteiger partial charge is 0.444 e. The molecular formula is C12H20N2O2. The molecule has 0 aromatic heterocycles. The molecule has 0 aromatic carbocycles. The van der Waals surface area contributed by atoms with E-state index in [0.29, 0.717) is 12.8 Å². The van der Waals surface area contributed by atoms with Gasteiger partial charge in [-0.05, 0) is 34.1 Å². The number of carbonyl (C=O) groups is 1. The van der Waals surface area contributed by atoms with Gasteiger partial charge in [0.1, 0.15) is 5.60 Å². The Morgan fingerprint density at radius 2 is 2.19 bits per heavy atom. The van der Waals surface area contributed by atoms with Crippen LogP contribution in [0.5, 0.6) is 0 Å². The SMILES string of the molecule is C[C@H](/C=C/CCC#N)NC(=O)OC(C)(C)C. The third kappa shape index (κ3) is 9.07. The number of amides is 1. The fourth-order valence-electron chi connectivity index (χ4n) is 0.990. The van der Waals surface area contributed by atoms with Crippen molar-refractivity contribution in [3.05, 3.63) is 12.2 Å². The van der Waals surface area contributed by atoms with E-state index in [9.17, 15) is 4.79 Å². The molecule has 0 bridgehead atoms. The summed E-state index contributed by atoms with van der Waals surface area (Å²) in [6.45, 7) is 7.31. The zero-order valence-electron chi connectivity index (χ0n) is 10.4. The monoisotopic (exact) mass is 224 g/mol. The summed E-state index contributed by atoms with van der Waals surface area (Å²) in [6.07, 6.45) is 4.50. The first-order valence-corrected chi connectivity index (χ1v) is 5.38. The average molecular weight is 224 g/mol. The molecule has 0 unspecified atom stereocenters. The van der Waals surface area contributed by atoms with Gasteiger partial charge in [-0.1, -0.05) is 12.2 Å². The molecule has 0 saturated heterocycles. The summed E-state index contributed by atoms with van der Waals surface area (Å²) in [6, 6.07) is 1.96. The zero-order chi connectivity index (χ0) is 12.6. The molecule has 0 aliphatic carbocycles. The normalized spacial score (nSPS) is 13.2. The van der Waals surface area contributed by atoms with Crippen molar-refractivity contribution >= 4 is 6.09 Å². The van der Waals surface area contributed by atoms with E-state index in [-0.39, 0.29) is 6.04 Å². The van der Waals surface area contributed by atoms with Crippen LogP contribution in [0.25, 0.3) is 0 Å². The minimum Gasteiger partial charge on any atom is -0.444 e. The Morgan fingerprint density at radius 3 is 2.69 bits per heavy atom. The second-order valence-corrected chi connectivity index (χ2v) is 4.56. The van der Waals surface area contributed by atoms with E-state index in [0.717, 1.165) is 0 Å². The topological polar surface area (TPSA) is 62.1 Å². The molecule has 0 spiro atoms. The van der Waals surface area contributed by atoms with Crippen molar-refractivity contribution < 1.29 is 9.53 Å². The van der Waals surface area contributed by atoms with E-state index >= 15 is 0 Å². The number of unbranched alkanes of at least 4 members (excludes halogenated alkanes) is 1. The summed E-state index contributed by atoms with van der Waals surface area (Å²) in [7, 11) is 0. The van der Waals surface area contributed by atoms with Crippen molar-refractivity contribution in [3.63, 3.8) is 0 Å². The van der Waals surface area contributed by atoms with Crippen LogP contribution in [0.15, 0.2) is 12.2 Å². The standard InChI is InChI=1S/C12H20N2O2/c1-10(8-6-5-7-9-13)14-11(15)16-12(2,3)4/h6,8,10H,5,7H2,1-4H3,(H,14,15)/b8-6+/t10-/m1/s1. The first-order chi connectivity index (χ1) is 7.35. The van der Waals surface area contributed by atoms with Crippen LogP contribution in [0.2, 0.25) is 0 Å². The molecule has 16 heavy (non-hydrogen) atoms. The van der Waals surface area contributed by atoms with Gasteiger partial charge in [-0.2, -0.15) is 5.26 Å². The van der Waals surface area contributed by atoms with Gasteiger partial charge in [0.25, 0.3) is 0 Å². The van der Waals surface area contributed by atoms with Gasteiger partial charge in [0, 0.05) is 12.5 Å². The van der Waals surface area contributed by atoms with Crippen LogP contribution in [-0.2, 0) is 4.74 Å². The highest BCUT2D eigenvalue weighted by Crippen LogP contribution is 2.06. The smallest absolute Gasteiger partial charge is 0.408 e. The van der Waals surface area contributed by atoms with Crippen LogP contribution in [0.3, 0.4) is 0 Å². The molecule has 0 aliphatic heterocycles. The molecule has 0 aliphatic rings. The van der Waals surface area contributed by atoms with Gasteiger partial charge in [-0.15, -0.1) is 0 Å². The Hall–Kier alpha value is -1.50. The van der Waals surface area contributed by atoms with Crippen LogP contribution < -0.4 is 5.32 Å². The first-order valence-electron chi connectivity index (χ1n) is 5.38. The molecule has 0 radical (unpaired) electrons. The Morgan fingerprint density at radius 1 is 1.56 bits per heavy atom. The van der Waals surface area contributed by atoms with Crippen LogP contribution in [-0.4, -0.2) is 17.7 Å². The number of rotatable bonds is 4. The summed E-state index contributed by atoms with van der Waals surface area (Å²) in [5, 5.41) is 11.0. The molecule has 1 N–H and O–H groups in total. The molecule has 90 valence electrons. The Labute approximate surface area is 97.3 Å². The number of nitriles is 1. The number of nitrogens with zero attached hydrogens (tertiary/aromatic N) is 1. The fourth-order valence-corrected chi connectivity index (χ4v) is 0.990. The summed E-state index contributed by atoms with van der Waals surface area (Å²) in [4.78, 5) is 11.3. The van der Waals surface area contributed by atoms with Crippen molar-refractivity contribution in [3.8, 4) is 6.07 Å². The Kier molecular flexibility index (Phi) is 6.24. The maximum Gasteiger partial charge on any atom is 0.408 e. The molecule has 1 amide bonds. The highest BCUT2D eigenvalue weighted by atomic mass is 16.6. The van der Waals surface area contributed by atoms with Gasteiger partial charge in [0.2, 0.25) is 0 Å². The van der Waals surface area contributed by atoms with E-state index < -0.39 is 11.7 Å². The predicted octanol–water partition coefficient (Wildman–Crippen LogP) is 2.76. The van der Waals surface area contributed by atoms with Crippen molar-refractivity contribution in [2.75, 3.05) is 0 Å². The molecule has 0 fully saturated rings. The van der Waals surface area contributed by atoms with Gasteiger partial charge in [-0.3, -0.25) is 0 Å². The predicted molar refractivity (Wildman–Crippen MR) is 62.8 cm³/mol. The number of hydrogen-bond donors (Lipinski definition) is 1. The number of allylic oxidation sites excluding steroid dienone is 1. The molecule has 0 saturated carbocycles. The van der Waals surface area contributed by atoms with Crippen molar-refractivity contribution in [2.24, 2.45) is 0 Å².